The predicted molar refractivity (Wildman–Crippen MR) is 128 cm³/mol. The smallest absolute Gasteiger partial charge is 0.344 e. The van der Waals surface area contributed by atoms with Gasteiger partial charge in [-0.2, -0.15) is 5.10 Å². The molecule has 0 bridgehead atoms. The van der Waals surface area contributed by atoms with E-state index in [9.17, 15) is 19.2 Å². The first-order valence-electron chi connectivity index (χ1n) is 10.9. The molecule has 0 saturated heterocycles. The molecule has 35 heavy (non-hydrogen) atoms. The molecule has 0 spiro atoms. The number of carbonyl (C=O) groups is 3. The van der Waals surface area contributed by atoms with E-state index in [0.717, 1.165) is 4.90 Å². The van der Waals surface area contributed by atoms with Crippen LogP contribution in [0, 0.1) is 0 Å². The minimum atomic E-state index is -0.874. The number of nitrogens with zero attached hydrogens (tertiary/aromatic N) is 2. The monoisotopic (exact) mass is 465 g/mol. The van der Waals surface area contributed by atoms with E-state index in [0.29, 0.717) is 33.5 Å². The van der Waals surface area contributed by atoms with E-state index >= 15 is 0 Å². The maximum Gasteiger partial charge on any atom is 0.344 e. The summed E-state index contributed by atoms with van der Waals surface area (Å²) in [6.45, 7) is -0.395. The lowest BCUT2D eigenvalue weighted by Crippen LogP contribution is -2.34. The van der Waals surface area contributed by atoms with Gasteiger partial charge in [0, 0.05) is 11.1 Å². The second kappa shape index (κ2) is 9.18. The Labute approximate surface area is 199 Å². The summed E-state index contributed by atoms with van der Waals surface area (Å²) in [6.07, 6.45) is 0. The topological polar surface area (TPSA) is 109 Å². The number of aromatic nitrogens is 2. The first-order chi connectivity index (χ1) is 17.1. The highest BCUT2D eigenvalue weighted by atomic mass is 16.5. The number of H-pyrrole nitrogens is 1. The fourth-order valence-corrected chi connectivity index (χ4v) is 4.08. The quantitative estimate of drug-likeness (QED) is 0.345. The Morgan fingerprint density at radius 1 is 0.771 bits per heavy atom. The van der Waals surface area contributed by atoms with Crippen molar-refractivity contribution in [1.29, 1.82) is 0 Å². The second-order valence-corrected chi connectivity index (χ2v) is 7.83. The highest BCUT2D eigenvalue weighted by molar-refractivity contribution is 6.21. The summed E-state index contributed by atoms with van der Waals surface area (Å²) in [4.78, 5) is 52.0. The third-order valence-electron chi connectivity index (χ3n) is 5.72. The summed E-state index contributed by atoms with van der Waals surface area (Å²) in [6, 6.07) is 24.6. The molecule has 1 N–H and O–H groups in total. The maximum atomic E-state index is 13.1. The third-order valence-corrected chi connectivity index (χ3v) is 5.72. The van der Waals surface area contributed by atoms with E-state index in [1.807, 2.05) is 36.4 Å². The van der Waals surface area contributed by atoms with Crippen LogP contribution in [-0.4, -0.2) is 46.0 Å². The summed E-state index contributed by atoms with van der Waals surface area (Å²) >= 11 is 0. The van der Waals surface area contributed by atoms with Crippen molar-refractivity contribution in [2.45, 2.75) is 0 Å². The molecule has 0 radical (unpaired) electrons. The Morgan fingerprint density at radius 3 is 1.91 bits per heavy atom. The molecule has 5 rings (SSSR count). The number of nitrogens with one attached hydrogen (secondary N) is 1. The highest BCUT2D eigenvalue weighted by Crippen LogP contribution is 2.32. The van der Waals surface area contributed by atoms with Gasteiger partial charge < -0.3 is 4.74 Å². The fourth-order valence-electron chi connectivity index (χ4n) is 4.08. The zero-order valence-electron chi connectivity index (χ0n) is 18.4. The molecule has 2 heterocycles. The van der Waals surface area contributed by atoms with Gasteiger partial charge in [0.1, 0.15) is 12.2 Å². The van der Waals surface area contributed by atoms with E-state index in [1.54, 1.807) is 48.5 Å². The van der Waals surface area contributed by atoms with Crippen LogP contribution in [0.2, 0.25) is 0 Å². The van der Waals surface area contributed by atoms with Crippen LogP contribution in [0.3, 0.4) is 0 Å². The van der Waals surface area contributed by atoms with Crippen LogP contribution in [0.5, 0.6) is 0 Å². The molecule has 8 nitrogen and oxygen atoms in total. The van der Waals surface area contributed by atoms with Crippen LogP contribution in [0.15, 0.2) is 89.7 Å². The molecule has 172 valence electrons. The minimum Gasteiger partial charge on any atom is -0.460 e. The van der Waals surface area contributed by atoms with E-state index in [4.69, 9.17) is 4.74 Å². The number of ether oxygens (including phenoxy) is 1. The molecule has 1 aliphatic heterocycles. The first kappa shape index (κ1) is 22.0. The van der Waals surface area contributed by atoms with Crippen LogP contribution >= 0.6 is 0 Å². The number of aromatic amines is 1. The second-order valence-electron chi connectivity index (χ2n) is 7.83. The van der Waals surface area contributed by atoms with Crippen LogP contribution in [-0.2, 0) is 4.74 Å². The Bertz CT molecular complexity index is 1460. The van der Waals surface area contributed by atoms with Crippen LogP contribution < -0.4 is 5.56 Å². The fraction of sp³-hybridized carbons (Fsp3) is 0.0741. The largest absolute Gasteiger partial charge is 0.460 e. The molecule has 0 fully saturated rings. The van der Waals surface area contributed by atoms with Crippen molar-refractivity contribution in [3.63, 3.8) is 0 Å². The SMILES string of the molecule is O=C(OCCN1C(=O)c2ccccc2C1=O)c1c(-c2ccccc2)c(-c2ccccc2)n[nH]c1=O. The number of rotatable bonds is 6. The lowest BCUT2D eigenvalue weighted by molar-refractivity contribution is 0.0419. The van der Waals surface area contributed by atoms with E-state index in [-0.39, 0.29) is 18.7 Å². The first-order valence-corrected chi connectivity index (χ1v) is 10.9. The number of benzene rings is 3. The molecule has 8 heteroatoms. The number of imide groups is 1. The van der Waals surface area contributed by atoms with E-state index < -0.39 is 23.3 Å². The van der Waals surface area contributed by atoms with Gasteiger partial charge in [-0.25, -0.2) is 9.89 Å². The van der Waals surface area contributed by atoms with Crippen LogP contribution in [0.4, 0.5) is 0 Å². The van der Waals surface area contributed by atoms with Gasteiger partial charge in [0.2, 0.25) is 0 Å². The molecular formula is C27H19N3O5. The molecule has 0 unspecified atom stereocenters. The molecule has 1 aromatic heterocycles. The highest BCUT2D eigenvalue weighted by Gasteiger charge is 2.35. The van der Waals surface area contributed by atoms with Crippen molar-refractivity contribution in [3.05, 3.63) is 112 Å². The minimum absolute atomic E-state index is 0.132. The Morgan fingerprint density at radius 2 is 1.31 bits per heavy atom. The summed E-state index contributed by atoms with van der Waals surface area (Å²) in [5.74, 6) is -1.76. The number of hydrogen-bond donors (Lipinski definition) is 1. The van der Waals surface area contributed by atoms with Gasteiger partial charge in [-0.05, 0) is 17.7 Å². The summed E-state index contributed by atoms with van der Waals surface area (Å²) in [5.41, 5.74) is 1.82. The Balaban J connectivity index is 1.44. The van der Waals surface area contributed by atoms with Gasteiger partial charge in [-0.1, -0.05) is 72.8 Å². The van der Waals surface area contributed by atoms with Crippen molar-refractivity contribution < 1.29 is 19.1 Å². The van der Waals surface area contributed by atoms with Crippen molar-refractivity contribution in [3.8, 4) is 22.4 Å². The third kappa shape index (κ3) is 4.02. The molecule has 0 saturated carbocycles. The lowest BCUT2D eigenvalue weighted by Gasteiger charge is -2.15. The van der Waals surface area contributed by atoms with Crippen molar-refractivity contribution in [2.75, 3.05) is 13.2 Å². The molecule has 2 amide bonds. The van der Waals surface area contributed by atoms with Crippen LogP contribution in [0.25, 0.3) is 22.4 Å². The van der Waals surface area contributed by atoms with Gasteiger partial charge in [0.05, 0.1) is 23.4 Å². The number of hydrogen-bond acceptors (Lipinski definition) is 6. The van der Waals surface area contributed by atoms with Gasteiger partial charge in [-0.3, -0.25) is 19.3 Å². The zero-order chi connectivity index (χ0) is 24.4. The Hall–Kier alpha value is -4.85. The van der Waals surface area contributed by atoms with Crippen molar-refractivity contribution in [2.24, 2.45) is 0 Å². The standard InChI is InChI=1S/C27H19N3O5/c31-24-22(27(34)35-16-15-30-25(32)19-13-7-8-14-20(19)26(30)33)21(17-9-3-1-4-10-17)23(28-29-24)18-11-5-2-6-12-18/h1-14H,15-16H2,(H,29,31). The summed E-state index contributed by atoms with van der Waals surface area (Å²) in [5, 5.41) is 6.60. The number of esters is 1. The molecule has 3 aromatic carbocycles. The number of carbonyl (C=O) groups excluding carboxylic acids is 3. The normalized spacial score (nSPS) is 12.5. The number of fused-ring (bicyclic) bond motifs is 1. The van der Waals surface area contributed by atoms with E-state index in [2.05, 4.69) is 10.2 Å². The maximum absolute atomic E-state index is 13.1. The Kier molecular flexibility index (Phi) is 5.76. The zero-order valence-corrected chi connectivity index (χ0v) is 18.4. The van der Waals surface area contributed by atoms with Crippen molar-refractivity contribution in [1.82, 2.24) is 15.1 Å². The number of amides is 2. The van der Waals surface area contributed by atoms with Crippen molar-refractivity contribution >= 4 is 17.8 Å². The molecular weight excluding hydrogens is 446 g/mol. The summed E-state index contributed by atoms with van der Waals surface area (Å²) in [7, 11) is 0. The molecule has 0 aliphatic carbocycles. The lowest BCUT2D eigenvalue weighted by atomic mass is 9.95. The molecule has 1 aliphatic rings. The van der Waals surface area contributed by atoms with Gasteiger partial charge in [0.25, 0.3) is 17.4 Å². The molecule has 4 aromatic rings. The van der Waals surface area contributed by atoms with Gasteiger partial charge in [0.15, 0.2) is 0 Å². The molecule has 0 atom stereocenters. The van der Waals surface area contributed by atoms with Gasteiger partial charge >= 0.3 is 5.97 Å². The van der Waals surface area contributed by atoms with Gasteiger partial charge in [-0.15, -0.1) is 0 Å². The summed E-state index contributed by atoms with van der Waals surface area (Å²) < 4.78 is 5.39. The van der Waals surface area contributed by atoms with Crippen LogP contribution in [0.1, 0.15) is 31.1 Å². The van der Waals surface area contributed by atoms with E-state index in [1.165, 1.54) is 0 Å². The average molecular weight is 465 g/mol. The predicted octanol–water partition coefficient (Wildman–Crippen LogP) is 3.56. The average Bonchev–Trinajstić information content (AvgIpc) is 3.14.